The molecule has 8 heteroatoms. The highest BCUT2D eigenvalue weighted by Crippen LogP contribution is 2.49. The van der Waals surface area contributed by atoms with Crippen LogP contribution in [0.1, 0.15) is 40.7 Å². The number of rotatable bonds is 7. The van der Waals surface area contributed by atoms with Gasteiger partial charge in [-0.25, -0.2) is 0 Å². The first-order valence-electron chi connectivity index (χ1n) is 11.8. The molecular weight excluding hydrogens is 446 g/mol. The lowest BCUT2D eigenvalue weighted by molar-refractivity contribution is 0.0550. The van der Waals surface area contributed by atoms with Gasteiger partial charge in [-0.15, -0.1) is 0 Å². The van der Waals surface area contributed by atoms with Gasteiger partial charge in [-0.2, -0.15) is 0 Å². The van der Waals surface area contributed by atoms with Gasteiger partial charge in [-0.1, -0.05) is 6.07 Å². The Balaban J connectivity index is 1.43. The number of carbonyl (C=O) groups is 1. The molecule has 0 radical (unpaired) electrons. The molecule has 2 N–H and O–H groups in total. The number of likely N-dealkylation sites (N-methyl/N-ethyl adjacent to an activating group) is 1. The molecule has 34 heavy (non-hydrogen) atoms. The molecule has 2 fully saturated rings. The summed E-state index contributed by atoms with van der Waals surface area (Å²) in [5.41, 5.74) is 2.67. The predicted molar refractivity (Wildman–Crippen MR) is 135 cm³/mol. The van der Waals surface area contributed by atoms with Crippen molar-refractivity contribution in [3.63, 3.8) is 0 Å². The number of hydrogen-bond donors (Lipinski definition) is 2. The summed E-state index contributed by atoms with van der Waals surface area (Å²) in [5, 5.41) is 14.8. The summed E-state index contributed by atoms with van der Waals surface area (Å²) in [6.45, 7) is 2.90. The molecule has 2 aliphatic rings. The first-order valence-corrected chi connectivity index (χ1v) is 12.9. The molecule has 1 aliphatic heterocycles. The van der Waals surface area contributed by atoms with E-state index in [1.54, 1.807) is 25.4 Å². The molecule has 1 aliphatic carbocycles. The zero-order valence-electron chi connectivity index (χ0n) is 20.1. The van der Waals surface area contributed by atoms with Gasteiger partial charge < -0.3 is 24.8 Å². The lowest BCUT2D eigenvalue weighted by Crippen LogP contribution is -2.53. The number of pyridine rings is 1. The van der Waals surface area contributed by atoms with Crippen molar-refractivity contribution in [1.29, 1.82) is 0 Å². The van der Waals surface area contributed by atoms with Crippen molar-refractivity contribution >= 4 is 27.1 Å². The average Bonchev–Trinajstić information content (AvgIpc) is 3.59. The number of likely N-dealkylation sites (tertiary alicyclic amines) is 1. The fourth-order valence-corrected chi connectivity index (χ4v) is 6.06. The molecular formula is C26H31N3O4Si. The number of ether oxygens (including phenoxy) is 2. The highest BCUT2D eigenvalue weighted by Gasteiger charge is 2.47. The number of nitrogens with zero attached hydrogens (tertiary/aromatic N) is 2. The standard InChI is InChI=1S/C26H31N3O4Si/c1-15-11-22(30)23(33-25(34)21-6-10-29(21)2)14-18(15)24(31)28-26(7-8-26)19-12-16(32-3)13-20-17(19)5-4-9-27-20/h4-5,9,11-14,21,25,30H,6-8,10H2,1-3,34H3,(H,28,31)/t21-,25?/m0/s1. The van der Waals surface area contributed by atoms with E-state index in [2.05, 4.69) is 22.2 Å². The van der Waals surface area contributed by atoms with Crippen molar-refractivity contribution in [3.05, 3.63) is 59.3 Å². The number of benzene rings is 2. The Morgan fingerprint density at radius 1 is 1.32 bits per heavy atom. The molecule has 3 aromatic rings. The minimum Gasteiger partial charge on any atom is -0.504 e. The summed E-state index contributed by atoms with van der Waals surface area (Å²) in [5.74, 6) is 0.988. The Morgan fingerprint density at radius 2 is 2.12 bits per heavy atom. The molecule has 2 atom stereocenters. The zero-order valence-corrected chi connectivity index (χ0v) is 22.1. The molecule has 1 saturated heterocycles. The van der Waals surface area contributed by atoms with Crippen molar-refractivity contribution in [2.75, 3.05) is 20.7 Å². The number of methoxy groups -OCH3 is 1. The minimum atomic E-state index is -0.465. The van der Waals surface area contributed by atoms with E-state index in [1.807, 2.05) is 31.2 Å². The van der Waals surface area contributed by atoms with Gasteiger partial charge in [0.15, 0.2) is 11.5 Å². The van der Waals surface area contributed by atoms with Crippen LogP contribution in [-0.2, 0) is 5.54 Å². The monoisotopic (exact) mass is 477 g/mol. The number of carbonyl (C=O) groups excluding carboxylic acids is 1. The number of aromatic hydroxyl groups is 1. The van der Waals surface area contributed by atoms with E-state index in [-0.39, 0.29) is 17.4 Å². The second kappa shape index (κ2) is 8.59. The Hall–Kier alpha value is -3.10. The number of hydrogen-bond acceptors (Lipinski definition) is 6. The van der Waals surface area contributed by atoms with E-state index in [0.29, 0.717) is 22.9 Å². The molecule has 1 aromatic heterocycles. The normalized spacial score (nSPS) is 19.9. The Labute approximate surface area is 202 Å². The summed E-state index contributed by atoms with van der Waals surface area (Å²) < 4.78 is 11.7. The van der Waals surface area contributed by atoms with Crippen LogP contribution < -0.4 is 14.8 Å². The first kappa shape index (κ1) is 22.7. The SMILES string of the molecule is COc1cc(C2(NC(=O)c3cc(OC([SiH3])[C@@H]4CCN4C)c(O)cc3C)CC2)c2cccnc2c1. The van der Waals surface area contributed by atoms with E-state index >= 15 is 0 Å². The quantitative estimate of drug-likeness (QED) is 0.509. The molecule has 7 nitrogen and oxygen atoms in total. The third-order valence-corrected chi connectivity index (χ3v) is 8.30. The Morgan fingerprint density at radius 3 is 2.76 bits per heavy atom. The number of fused-ring (bicyclic) bond motifs is 1. The summed E-state index contributed by atoms with van der Waals surface area (Å²) in [6.07, 6.45) is 4.53. The maximum atomic E-state index is 13.5. The van der Waals surface area contributed by atoms with Crippen LogP contribution in [0.2, 0.25) is 0 Å². The number of aromatic nitrogens is 1. The first-order chi connectivity index (χ1) is 16.3. The molecule has 2 aromatic carbocycles. The lowest BCUT2D eigenvalue weighted by Gasteiger charge is -2.41. The van der Waals surface area contributed by atoms with Crippen LogP contribution in [0, 0.1) is 6.92 Å². The van der Waals surface area contributed by atoms with Crippen molar-refractivity contribution in [3.8, 4) is 17.2 Å². The van der Waals surface area contributed by atoms with Crippen molar-refractivity contribution < 1.29 is 19.4 Å². The fourth-order valence-electron chi connectivity index (χ4n) is 4.96. The third-order valence-electron chi connectivity index (χ3n) is 7.30. The van der Waals surface area contributed by atoms with Gasteiger partial charge in [0, 0.05) is 29.3 Å². The summed E-state index contributed by atoms with van der Waals surface area (Å²) in [4.78, 5) is 20.2. The van der Waals surface area contributed by atoms with Gasteiger partial charge in [0.2, 0.25) is 0 Å². The van der Waals surface area contributed by atoms with Gasteiger partial charge in [0.1, 0.15) is 5.75 Å². The molecule has 1 unspecified atom stereocenters. The molecule has 1 saturated carbocycles. The lowest BCUT2D eigenvalue weighted by atomic mass is 9.97. The van der Waals surface area contributed by atoms with E-state index in [9.17, 15) is 9.90 Å². The molecule has 0 spiro atoms. The van der Waals surface area contributed by atoms with Crippen LogP contribution in [0.15, 0.2) is 42.6 Å². The van der Waals surface area contributed by atoms with Crippen LogP contribution in [0.25, 0.3) is 10.9 Å². The van der Waals surface area contributed by atoms with Crippen LogP contribution in [0.5, 0.6) is 17.2 Å². The fraction of sp³-hybridized carbons (Fsp3) is 0.385. The van der Waals surface area contributed by atoms with Crippen molar-refractivity contribution in [2.24, 2.45) is 0 Å². The van der Waals surface area contributed by atoms with E-state index in [1.165, 1.54) is 0 Å². The summed E-state index contributed by atoms with van der Waals surface area (Å²) >= 11 is 0. The number of phenols is 1. The molecule has 178 valence electrons. The van der Waals surface area contributed by atoms with Crippen molar-refractivity contribution in [1.82, 2.24) is 15.2 Å². The van der Waals surface area contributed by atoms with E-state index in [0.717, 1.165) is 58.3 Å². The Bertz CT molecular complexity index is 1260. The zero-order chi connectivity index (χ0) is 24.0. The smallest absolute Gasteiger partial charge is 0.252 e. The Kier molecular flexibility index (Phi) is 5.73. The second-order valence-electron chi connectivity index (χ2n) is 9.58. The van der Waals surface area contributed by atoms with Crippen LogP contribution in [0.3, 0.4) is 0 Å². The van der Waals surface area contributed by atoms with Gasteiger partial charge in [0.05, 0.1) is 34.1 Å². The number of nitrogens with one attached hydrogen (secondary N) is 1. The number of phenolic OH excluding ortho intramolecular Hbond substituents is 1. The van der Waals surface area contributed by atoms with Crippen molar-refractivity contribution in [2.45, 2.75) is 43.5 Å². The predicted octanol–water partition coefficient (Wildman–Crippen LogP) is 2.45. The van der Waals surface area contributed by atoms with Crippen LogP contribution in [-0.4, -0.2) is 63.6 Å². The van der Waals surface area contributed by atoms with Gasteiger partial charge in [-0.3, -0.25) is 9.78 Å². The van der Waals surface area contributed by atoms with Gasteiger partial charge in [0.25, 0.3) is 5.91 Å². The van der Waals surface area contributed by atoms with E-state index in [4.69, 9.17) is 9.47 Å². The van der Waals surface area contributed by atoms with Crippen LogP contribution >= 0.6 is 0 Å². The van der Waals surface area contributed by atoms with E-state index < -0.39 is 5.54 Å². The van der Waals surface area contributed by atoms with Crippen LogP contribution in [0.4, 0.5) is 0 Å². The highest BCUT2D eigenvalue weighted by atomic mass is 28.1. The minimum absolute atomic E-state index is 0.0497. The average molecular weight is 478 g/mol. The number of aryl methyl sites for hydroxylation is 1. The maximum absolute atomic E-state index is 13.5. The summed E-state index contributed by atoms with van der Waals surface area (Å²) in [7, 11) is 4.56. The second-order valence-corrected chi connectivity index (χ2v) is 10.7. The topological polar surface area (TPSA) is 83.9 Å². The summed E-state index contributed by atoms with van der Waals surface area (Å²) in [6, 6.07) is 11.5. The highest BCUT2D eigenvalue weighted by molar-refractivity contribution is 6.11. The van der Waals surface area contributed by atoms with Gasteiger partial charge in [-0.05, 0) is 75.2 Å². The molecule has 5 rings (SSSR count). The number of amides is 1. The largest absolute Gasteiger partial charge is 0.504 e. The molecule has 1 amide bonds. The third kappa shape index (κ3) is 4.01. The molecule has 2 heterocycles. The molecule has 0 bridgehead atoms. The maximum Gasteiger partial charge on any atom is 0.252 e. The van der Waals surface area contributed by atoms with Gasteiger partial charge >= 0.3 is 0 Å².